The van der Waals surface area contributed by atoms with Crippen LogP contribution in [-0.4, -0.2) is 43.1 Å². The van der Waals surface area contributed by atoms with Crippen LogP contribution in [0.4, 0.5) is 15.8 Å². The number of halogens is 1. The van der Waals surface area contributed by atoms with Crippen molar-refractivity contribution in [1.82, 2.24) is 14.3 Å². The van der Waals surface area contributed by atoms with Crippen molar-refractivity contribution in [1.29, 1.82) is 0 Å². The fraction of sp³-hybridized carbons (Fsp3) is 0.231. The number of benzene rings is 2. The number of guanidine groups is 1. The minimum atomic E-state index is -2.71. The second-order valence-electron chi connectivity index (χ2n) is 7.78. The van der Waals surface area contributed by atoms with Crippen LogP contribution in [0.3, 0.4) is 0 Å². The van der Waals surface area contributed by atoms with Gasteiger partial charge in [0.15, 0.2) is 0 Å². The first kappa shape index (κ1) is 25.9. The number of aromatic nitrogens is 2. The van der Waals surface area contributed by atoms with E-state index in [0.717, 1.165) is 11.4 Å². The van der Waals surface area contributed by atoms with Gasteiger partial charge in [-0.25, -0.2) is 13.6 Å². The standard InChI is InChI=1S/C24H25FN6OS.C2H6/c1-16-13-27-22(14-26-16)17(2)28-19-10-11-21(25)20(12-19)23-15-33(4,32)31(3)24(30-23)29-18-8-6-5-7-9-18;1-2/h5-14,23,28H,2,4,15H2,1,3H3,(H,29,30);1-2H3. The molecule has 184 valence electrons. The van der Waals surface area contributed by atoms with Crippen molar-refractivity contribution in [3.8, 4) is 0 Å². The van der Waals surface area contributed by atoms with E-state index in [-0.39, 0.29) is 5.75 Å². The van der Waals surface area contributed by atoms with Gasteiger partial charge in [-0.3, -0.25) is 14.3 Å². The molecule has 0 amide bonds. The summed E-state index contributed by atoms with van der Waals surface area (Å²) < 4.78 is 29.6. The predicted molar refractivity (Wildman–Crippen MR) is 145 cm³/mol. The zero-order chi connectivity index (χ0) is 25.6. The zero-order valence-corrected chi connectivity index (χ0v) is 21.3. The first-order valence-electron chi connectivity index (χ1n) is 11.3. The van der Waals surface area contributed by atoms with Crippen molar-refractivity contribution in [2.75, 3.05) is 23.4 Å². The van der Waals surface area contributed by atoms with Crippen LogP contribution in [0.1, 0.15) is 36.8 Å². The highest BCUT2D eigenvalue weighted by Gasteiger charge is 2.30. The minimum Gasteiger partial charge on any atom is -0.354 e. The van der Waals surface area contributed by atoms with E-state index in [1.807, 2.05) is 51.1 Å². The highest BCUT2D eigenvalue weighted by Crippen LogP contribution is 2.30. The third-order valence-corrected chi connectivity index (χ3v) is 7.27. The van der Waals surface area contributed by atoms with Crippen molar-refractivity contribution in [2.45, 2.75) is 26.8 Å². The second-order valence-corrected chi connectivity index (χ2v) is 10.2. The zero-order valence-electron chi connectivity index (χ0n) is 20.5. The van der Waals surface area contributed by atoms with E-state index >= 15 is 0 Å². The van der Waals surface area contributed by atoms with Crippen molar-refractivity contribution < 1.29 is 8.60 Å². The molecule has 1 aromatic heterocycles. The van der Waals surface area contributed by atoms with Gasteiger partial charge in [-0.2, -0.15) is 0 Å². The average molecular weight is 495 g/mol. The number of rotatable bonds is 5. The molecule has 7 nitrogen and oxygen atoms in total. The highest BCUT2D eigenvalue weighted by atomic mass is 32.2. The summed E-state index contributed by atoms with van der Waals surface area (Å²) in [6.45, 7) is 9.85. The maximum absolute atomic E-state index is 14.9. The van der Waals surface area contributed by atoms with Crippen LogP contribution < -0.4 is 10.6 Å². The molecule has 2 aromatic carbocycles. The van der Waals surface area contributed by atoms with Crippen LogP contribution in [0, 0.1) is 12.7 Å². The molecule has 0 bridgehead atoms. The molecule has 4 rings (SSSR count). The molecule has 3 aromatic rings. The lowest BCUT2D eigenvalue weighted by Crippen LogP contribution is -2.44. The topological polar surface area (TPSA) is 82.5 Å². The van der Waals surface area contributed by atoms with Crippen LogP contribution in [-0.2, 0) is 9.71 Å². The molecular formula is C26H31FN6OS. The lowest BCUT2D eigenvalue weighted by Gasteiger charge is -2.33. The summed E-state index contributed by atoms with van der Waals surface area (Å²) >= 11 is 0. The lowest BCUT2D eigenvalue weighted by molar-refractivity contribution is 0.578. The summed E-state index contributed by atoms with van der Waals surface area (Å²) in [5, 5.41) is 6.31. The third-order valence-electron chi connectivity index (χ3n) is 5.26. The normalized spacial score (nSPS) is 19.2. The van der Waals surface area contributed by atoms with Crippen LogP contribution in [0.5, 0.6) is 0 Å². The van der Waals surface area contributed by atoms with Gasteiger partial charge in [-0.05, 0) is 43.1 Å². The number of aryl methyl sites for hydroxylation is 1. The molecule has 0 fully saturated rings. The number of hydrogen-bond acceptors (Lipinski definition) is 6. The number of nitrogens with one attached hydrogen (secondary N) is 2. The summed E-state index contributed by atoms with van der Waals surface area (Å²) in [7, 11) is -1.04. The lowest BCUT2D eigenvalue weighted by atomic mass is 10.1. The number of para-hydroxylation sites is 1. The van der Waals surface area contributed by atoms with Gasteiger partial charge >= 0.3 is 0 Å². The van der Waals surface area contributed by atoms with Gasteiger partial charge in [0.05, 0.1) is 39.1 Å². The second kappa shape index (κ2) is 11.1. The van der Waals surface area contributed by atoms with E-state index < -0.39 is 21.6 Å². The van der Waals surface area contributed by atoms with Crippen molar-refractivity contribution in [3.63, 3.8) is 0 Å². The molecule has 0 aliphatic carbocycles. The van der Waals surface area contributed by atoms with Gasteiger partial charge in [-0.15, -0.1) is 0 Å². The fourth-order valence-electron chi connectivity index (χ4n) is 3.37. The monoisotopic (exact) mass is 494 g/mol. The Bertz CT molecular complexity index is 1310. The van der Waals surface area contributed by atoms with Crippen LogP contribution >= 0.6 is 0 Å². The Labute approximate surface area is 207 Å². The summed E-state index contributed by atoms with van der Waals surface area (Å²) in [4.78, 5) is 13.2. The minimum absolute atomic E-state index is 0.0915. The van der Waals surface area contributed by atoms with Gasteiger partial charge in [0.25, 0.3) is 0 Å². The summed E-state index contributed by atoms with van der Waals surface area (Å²) in [6, 6.07) is 13.3. The largest absolute Gasteiger partial charge is 0.354 e. The molecule has 35 heavy (non-hydrogen) atoms. The molecule has 1 aliphatic rings. The molecule has 0 saturated heterocycles. The van der Waals surface area contributed by atoms with Gasteiger partial charge in [0.2, 0.25) is 5.96 Å². The van der Waals surface area contributed by atoms with Crippen LogP contribution in [0.15, 0.2) is 72.5 Å². The van der Waals surface area contributed by atoms with E-state index in [2.05, 4.69) is 38.0 Å². The van der Waals surface area contributed by atoms with Crippen molar-refractivity contribution >= 4 is 38.6 Å². The smallest absolute Gasteiger partial charge is 0.210 e. The molecule has 2 heterocycles. The summed E-state index contributed by atoms with van der Waals surface area (Å²) in [5.41, 5.74) is 3.62. The number of aliphatic imine (C=N–C) groups is 1. The fourth-order valence-corrected chi connectivity index (χ4v) is 4.75. The average Bonchev–Trinajstić information content (AvgIpc) is 2.85. The summed E-state index contributed by atoms with van der Waals surface area (Å²) in [5.74, 6) is 3.92. The number of nitrogens with zero attached hydrogens (tertiary/aromatic N) is 4. The Kier molecular flexibility index (Phi) is 8.24. The molecule has 2 unspecified atom stereocenters. The predicted octanol–water partition coefficient (Wildman–Crippen LogP) is 5.12. The maximum Gasteiger partial charge on any atom is 0.210 e. The van der Waals surface area contributed by atoms with Gasteiger partial charge in [0.1, 0.15) is 11.5 Å². The Balaban J connectivity index is 0.00000167. The highest BCUT2D eigenvalue weighted by molar-refractivity contribution is 7.98. The molecule has 9 heteroatoms. The Morgan fingerprint density at radius 3 is 2.49 bits per heavy atom. The van der Waals surface area contributed by atoms with Crippen LogP contribution in [0.25, 0.3) is 5.70 Å². The van der Waals surface area contributed by atoms with E-state index in [1.165, 1.54) is 10.4 Å². The van der Waals surface area contributed by atoms with E-state index in [1.54, 1.807) is 31.6 Å². The van der Waals surface area contributed by atoms with E-state index in [0.29, 0.717) is 28.6 Å². The van der Waals surface area contributed by atoms with Crippen LogP contribution in [0.2, 0.25) is 0 Å². The van der Waals surface area contributed by atoms with E-state index in [4.69, 9.17) is 0 Å². The third kappa shape index (κ3) is 6.24. The molecular weight excluding hydrogens is 463 g/mol. The Morgan fingerprint density at radius 1 is 1.11 bits per heavy atom. The first-order valence-corrected chi connectivity index (χ1v) is 13.1. The Hall–Kier alpha value is -3.72. The number of hydrogen-bond donors (Lipinski definition) is 2. The molecule has 0 saturated carbocycles. The van der Waals surface area contributed by atoms with Gasteiger partial charge in [-0.1, -0.05) is 38.6 Å². The van der Waals surface area contributed by atoms with Gasteiger partial charge in [0, 0.05) is 30.2 Å². The molecule has 2 N–H and O–H groups in total. The maximum atomic E-state index is 14.9. The van der Waals surface area contributed by atoms with Crippen molar-refractivity contribution in [2.24, 2.45) is 4.99 Å². The molecule has 0 spiro atoms. The van der Waals surface area contributed by atoms with Crippen molar-refractivity contribution in [3.05, 3.63) is 90.3 Å². The molecule has 0 radical (unpaired) electrons. The van der Waals surface area contributed by atoms with E-state index in [9.17, 15) is 8.60 Å². The van der Waals surface area contributed by atoms with Gasteiger partial charge < -0.3 is 10.6 Å². The Morgan fingerprint density at radius 2 is 1.83 bits per heavy atom. The quantitative estimate of drug-likeness (QED) is 0.481. The molecule has 1 aliphatic heterocycles. The first-order chi connectivity index (χ1) is 16.7. The molecule has 2 atom stereocenters. The number of anilines is 2. The SMILES string of the molecule is C=C(Nc1ccc(F)c(C2CS(=C)(=O)N(C)C(Nc3ccccc3)=N2)c1)c1cnc(C)cn1.CC. The summed E-state index contributed by atoms with van der Waals surface area (Å²) in [6.07, 6.45) is 3.27.